The van der Waals surface area contributed by atoms with Crippen molar-refractivity contribution in [2.45, 2.75) is 66.5 Å². The molecule has 4 heteroatoms. The van der Waals surface area contributed by atoms with Crippen LogP contribution in [0.2, 0.25) is 0 Å². The van der Waals surface area contributed by atoms with Gasteiger partial charge in [-0.25, -0.2) is 4.98 Å². The Morgan fingerprint density at radius 2 is 2.05 bits per heavy atom. The molecule has 0 radical (unpaired) electrons. The lowest BCUT2D eigenvalue weighted by atomic mass is 9.82. The van der Waals surface area contributed by atoms with E-state index in [0.717, 1.165) is 6.54 Å². The molecule has 0 atom stereocenters. The third-order valence-electron chi connectivity index (χ3n) is 4.76. The number of aryl methyl sites for hydroxylation is 1. The van der Waals surface area contributed by atoms with Crippen molar-refractivity contribution in [3.63, 3.8) is 0 Å². The summed E-state index contributed by atoms with van der Waals surface area (Å²) in [5.74, 6) is 0. The van der Waals surface area contributed by atoms with E-state index in [9.17, 15) is 0 Å². The number of hydrogen-bond acceptors (Lipinski definition) is 4. The normalized spacial score (nSPS) is 18.2. The van der Waals surface area contributed by atoms with Crippen LogP contribution in [0, 0.1) is 12.3 Å². The van der Waals surface area contributed by atoms with E-state index in [2.05, 4.69) is 44.8 Å². The van der Waals surface area contributed by atoms with Crippen molar-refractivity contribution in [1.82, 2.24) is 10.3 Å². The first-order valence-corrected chi connectivity index (χ1v) is 8.76. The molecule has 0 unspecified atom stereocenters. The summed E-state index contributed by atoms with van der Waals surface area (Å²) in [7, 11) is 0. The van der Waals surface area contributed by atoms with E-state index in [1.54, 1.807) is 0 Å². The Morgan fingerprint density at radius 3 is 2.60 bits per heavy atom. The first-order valence-electron chi connectivity index (χ1n) is 7.94. The van der Waals surface area contributed by atoms with Gasteiger partial charge >= 0.3 is 0 Å². The molecule has 0 bridgehead atoms. The third kappa shape index (κ3) is 3.34. The van der Waals surface area contributed by atoms with Crippen LogP contribution in [0.3, 0.4) is 0 Å². The highest BCUT2D eigenvalue weighted by molar-refractivity contribution is 7.15. The molecule has 114 valence electrons. The van der Waals surface area contributed by atoms with E-state index in [1.165, 1.54) is 48.1 Å². The zero-order chi connectivity index (χ0) is 14.8. The molecule has 2 rings (SSSR count). The molecule has 2 heterocycles. The van der Waals surface area contributed by atoms with Crippen LogP contribution in [0.5, 0.6) is 0 Å². The molecule has 3 nitrogen and oxygen atoms in total. The van der Waals surface area contributed by atoms with Gasteiger partial charge in [-0.1, -0.05) is 27.7 Å². The molecule has 1 aliphatic rings. The topological polar surface area (TPSA) is 28.2 Å². The van der Waals surface area contributed by atoms with Gasteiger partial charge in [0.15, 0.2) is 5.13 Å². The molecule has 0 saturated carbocycles. The monoisotopic (exact) mass is 295 g/mol. The first kappa shape index (κ1) is 15.8. The van der Waals surface area contributed by atoms with Gasteiger partial charge in [0.2, 0.25) is 0 Å². The van der Waals surface area contributed by atoms with Crippen LogP contribution in [-0.2, 0) is 6.54 Å². The van der Waals surface area contributed by atoms with Crippen LogP contribution in [-0.4, -0.2) is 24.1 Å². The highest BCUT2D eigenvalue weighted by atomic mass is 32.1. The molecule has 1 aromatic rings. The van der Waals surface area contributed by atoms with Gasteiger partial charge in [0.05, 0.1) is 5.69 Å². The number of hydrogen-bond donors (Lipinski definition) is 1. The van der Waals surface area contributed by atoms with Crippen molar-refractivity contribution in [3.05, 3.63) is 10.6 Å². The SMILES string of the molecule is CCC1(CC)CCN(c2nc(C)c(CNC(C)C)s2)C1. The largest absolute Gasteiger partial charge is 0.348 e. The van der Waals surface area contributed by atoms with E-state index < -0.39 is 0 Å². The van der Waals surface area contributed by atoms with Gasteiger partial charge in [-0.3, -0.25) is 0 Å². The molecule has 0 amide bonds. The average Bonchev–Trinajstić information content (AvgIpc) is 3.01. The molecular weight excluding hydrogens is 266 g/mol. The quantitative estimate of drug-likeness (QED) is 0.861. The number of nitrogens with zero attached hydrogens (tertiary/aromatic N) is 2. The summed E-state index contributed by atoms with van der Waals surface area (Å²) in [6.07, 6.45) is 3.89. The molecule has 1 fully saturated rings. The van der Waals surface area contributed by atoms with Gasteiger partial charge in [-0.15, -0.1) is 11.3 Å². The summed E-state index contributed by atoms with van der Waals surface area (Å²) in [5, 5.41) is 4.73. The minimum atomic E-state index is 0.524. The van der Waals surface area contributed by atoms with Crippen LogP contribution >= 0.6 is 11.3 Å². The Labute approximate surface area is 127 Å². The maximum Gasteiger partial charge on any atom is 0.185 e. The van der Waals surface area contributed by atoms with Crippen molar-refractivity contribution in [2.24, 2.45) is 5.41 Å². The smallest absolute Gasteiger partial charge is 0.185 e. The van der Waals surface area contributed by atoms with E-state index in [4.69, 9.17) is 4.98 Å². The standard InChI is InChI=1S/C16H29N3S/c1-6-16(7-2)8-9-19(11-16)15-18-13(5)14(20-15)10-17-12(3)4/h12,17H,6-11H2,1-5H3. The van der Waals surface area contributed by atoms with Crippen LogP contribution in [0.4, 0.5) is 5.13 Å². The molecule has 1 aromatic heterocycles. The predicted octanol–water partition coefficient (Wildman–Crippen LogP) is 3.97. The Kier molecular flexibility index (Phi) is 5.08. The Balaban J connectivity index is 2.05. The first-order chi connectivity index (χ1) is 9.49. The molecular formula is C16H29N3S. The van der Waals surface area contributed by atoms with Crippen molar-refractivity contribution in [1.29, 1.82) is 0 Å². The summed E-state index contributed by atoms with van der Waals surface area (Å²) in [5.41, 5.74) is 1.72. The summed E-state index contributed by atoms with van der Waals surface area (Å²) >= 11 is 1.87. The summed E-state index contributed by atoms with van der Waals surface area (Å²) in [6.45, 7) is 14.5. The maximum absolute atomic E-state index is 4.81. The van der Waals surface area contributed by atoms with Gasteiger partial charge < -0.3 is 10.2 Å². The fraction of sp³-hybridized carbons (Fsp3) is 0.812. The van der Waals surface area contributed by atoms with Gasteiger partial charge in [-0.2, -0.15) is 0 Å². The van der Waals surface area contributed by atoms with Gasteiger partial charge in [-0.05, 0) is 31.6 Å². The van der Waals surface area contributed by atoms with Crippen LogP contribution in [0.25, 0.3) is 0 Å². The van der Waals surface area contributed by atoms with E-state index in [1.807, 2.05) is 11.3 Å². The highest BCUT2D eigenvalue weighted by Crippen LogP contribution is 2.40. The maximum atomic E-state index is 4.81. The molecule has 20 heavy (non-hydrogen) atoms. The lowest BCUT2D eigenvalue weighted by Crippen LogP contribution is -2.26. The number of rotatable bonds is 6. The Hall–Kier alpha value is -0.610. The van der Waals surface area contributed by atoms with Gasteiger partial charge in [0.1, 0.15) is 0 Å². The highest BCUT2D eigenvalue weighted by Gasteiger charge is 2.36. The lowest BCUT2D eigenvalue weighted by Gasteiger charge is -2.26. The van der Waals surface area contributed by atoms with E-state index in [-0.39, 0.29) is 0 Å². The summed E-state index contributed by atoms with van der Waals surface area (Å²) in [6, 6.07) is 0.527. The second kappa shape index (κ2) is 6.44. The average molecular weight is 295 g/mol. The molecule has 1 N–H and O–H groups in total. The molecule has 0 aromatic carbocycles. The second-order valence-electron chi connectivity index (χ2n) is 6.42. The minimum Gasteiger partial charge on any atom is -0.348 e. The minimum absolute atomic E-state index is 0.524. The van der Waals surface area contributed by atoms with Gasteiger partial charge in [0, 0.05) is 30.6 Å². The predicted molar refractivity (Wildman–Crippen MR) is 88.7 cm³/mol. The van der Waals surface area contributed by atoms with Crippen molar-refractivity contribution in [2.75, 3.05) is 18.0 Å². The number of thiazole rings is 1. The Bertz CT molecular complexity index is 435. The molecule has 1 saturated heterocycles. The van der Waals surface area contributed by atoms with Crippen molar-refractivity contribution >= 4 is 16.5 Å². The Morgan fingerprint density at radius 1 is 1.35 bits per heavy atom. The zero-order valence-corrected chi connectivity index (χ0v) is 14.4. The zero-order valence-electron chi connectivity index (χ0n) is 13.6. The molecule has 0 aliphatic carbocycles. The van der Waals surface area contributed by atoms with Crippen LogP contribution < -0.4 is 10.2 Å². The number of nitrogens with one attached hydrogen (secondary N) is 1. The van der Waals surface area contributed by atoms with Crippen molar-refractivity contribution < 1.29 is 0 Å². The van der Waals surface area contributed by atoms with Gasteiger partial charge in [0.25, 0.3) is 0 Å². The summed E-state index contributed by atoms with van der Waals surface area (Å²) < 4.78 is 0. The number of anilines is 1. The van der Waals surface area contributed by atoms with Crippen molar-refractivity contribution in [3.8, 4) is 0 Å². The number of aromatic nitrogens is 1. The molecule has 0 spiro atoms. The van der Waals surface area contributed by atoms with E-state index in [0.29, 0.717) is 11.5 Å². The third-order valence-corrected chi connectivity index (χ3v) is 5.98. The summed E-state index contributed by atoms with van der Waals surface area (Å²) in [4.78, 5) is 8.70. The lowest BCUT2D eigenvalue weighted by molar-refractivity contribution is 0.301. The fourth-order valence-electron chi connectivity index (χ4n) is 2.93. The second-order valence-corrected chi connectivity index (χ2v) is 7.48. The van der Waals surface area contributed by atoms with E-state index >= 15 is 0 Å². The van der Waals surface area contributed by atoms with Crippen LogP contribution in [0.1, 0.15) is 57.5 Å². The molecule has 1 aliphatic heterocycles. The fourth-order valence-corrected chi connectivity index (χ4v) is 3.97. The van der Waals surface area contributed by atoms with Crippen LogP contribution in [0.15, 0.2) is 0 Å².